The van der Waals surface area contributed by atoms with Crippen molar-refractivity contribution in [3.8, 4) is 11.5 Å². The number of anilines is 2. The van der Waals surface area contributed by atoms with Gasteiger partial charge in [0.25, 0.3) is 5.91 Å². The highest BCUT2D eigenvalue weighted by Gasteiger charge is 2.22. The number of carbonyl (C=O) groups is 1. The summed E-state index contributed by atoms with van der Waals surface area (Å²) in [5, 5.41) is 10.3. The van der Waals surface area contributed by atoms with Gasteiger partial charge in [0.2, 0.25) is 5.95 Å². The molecule has 3 aromatic rings. The van der Waals surface area contributed by atoms with E-state index in [1.165, 1.54) is 0 Å². The second-order valence-corrected chi connectivity index (χ2v) is 6.26. The van der Waals surface area contributed by atoms with Gasteiger partial charge in [0.1, 0.15) is 17.3 Å². The highest BCUT2D eigenvalue weighted by Crippen LogP contribution is 2.24. The molecule has 0 fully saturated rings. The lowest BCUT2D eigenvalue weighted by Crippen LogP contribution is -2.26. The zero-order valence-corrected chi connectivity index (χ0v) is 15.1. The summed E-state index contributed by atoms with van der Waals surface area (Å²) in [7, 11) is 0. The molecule has 7 nitrogen and oxygen atoms in total. The Morgan fingerprint density at radius 2 is 1.78 bits per heavy atom. The molecule has 2 aromatic carbocycles. The molecular formula is C20H19N5O2. The Kier molecular flexibility index (Phi) is 4.33. The summed E-state index contributed by atoms with van der Waals surface area (Å²) < 4.78 is 7.45. The Balaban J connectivity index is 1.43. The summed E-state index contributed by atoms with van der Waals surface area (Å²) >= 11 is 0. The third-order valence-corrected chi connectivity index (χ3v) is 4.20. The fourth-order valence-electron chi connectivity index (χ4n) is 2.85. The summed E-state index contributed by atoms with van der Waals surface area (Å²) in [4.78, 5) is 17.0. The molecule has 0 unspecified atom stereocenters. The standard InChI is InChI=1S/C20H19N5O2/c1-13-18(12-25-20(21-13)22-14(2)24-25)19(26)23-15-8-10-17(11-9-15)27-16-6-4-3-5-7-16/h3-11H,12H2,1-2H3,(H,23,26)(H,21,22,24). The van der Waals surface area contributed by atoms with Crippen molar-refractivity contribution < 1.29 is 9.53 Å². The Morgan fingerprint density at radius 1 is 1.07 bits per heavy atom. The van der Waals surface area contributed by atoms with Crippen molar-refractivity contribution in [3.05, 3.63) is 71.7 Å². The van der Waals surface area contributed by atoms with Crippen LogP contribution in [0.1, 0.15) is 12.7 Å². The molecule has 0 aliphatic carbocycles. The first-order valence-corrected chi connectivity index (χ1v) is 8.61. The van der Waals surface area contributed by atoms with Crippen LogP contribution in [-0.2, 0) is 11.3 Å². The molecule has 1 aromatic heterocycles. The molecule has 27 heavy (non-hydrogen) atoms. The third-order valence-electron chi connectivity index (χ3n) is 4.20. The molecule has 136 valence electrons. The summed E-state index contributed by atoms with van der Waals surface area (Å²) in [5.74, 6) is 2.62. The highest BCUT2D eigenvalue weighted by atomic mass is 16.5. The van der Waals surface area contributed by atoms with Crippen LogP contribution in [0.5, 0.6) is 11.5 Å². The van der Waals surface area contributed by atoms with Gasteiger partial charge in [-0.2, -0.15) is 10.1 Å². The van der Waals surface area contributed by atoms with E-state index in [1.54, 1.807) is 4.68 Å². The van der Waals surface area contributed by atoms with Crippen LogP contribution in [0.2, 0.25) is 0 Å². The van der Waals surface area contributed by atoms with Gasteiger partial charge in [-0.05, 0) is 50.2 Å². The first-order chi connectivity index (χ1) is 13.1. The minimum atomic E-state index is -0.171. The predicted molar refractivity (Wildman–Crippen MR) is 103 cm³/mol. The van der Waals surface area contributed by atoms with Crippen LogP contribution in [0.15, 0.2) is 65.9 Å². The number of para-hydroxylation sites is 1. The van der Waals surface area contributed by atoms with E-state index in [-0.39, 0.29) is 5.91 Å². The number of benzene rings is 2. The Hall–Kier alpha value is -3.61. The van der Waals surface area contributed by atoms with Crippen molar-refractivity contribution in [3.63, 3.8) is 0 Å². The molecule has 7 heteroatoms. The molecule has 1 aliphatic rings. The van der Waals surface area contributed by atoms with Gasteiger partial charge in [-0.1, -0.05) is 18.2 Å². The molecule has 0 atom stereocenters. The largest absolute Gasteiger partial charge is 0.457 e. The number of allylic oxidation sites excluding steroid dienone is 1. The maximum atomic E-state index is 12.7. The number of rotatable bonds is 4. The zero-order valence-electron chi connectivity index (χ0n) is 15.1. The first-order valence-electron chi connectivity index (χ1n) is 8.61. The zero-order chi connectivity index (χ0) is 18.8. The van der Waals surface area contributed by atoms with Crippen LogP contribution in [0, 0.1) is 6.92 Å². The Morgan fingerprint density at radius 3 is 2.52 bits per heavy atom. The van der Waals surface area contributed by atoms with Gasteiger partial charge in [-0.15, -0.1) is 0 Å². The number of aromatic nitrogens is 3. The van der Waals surface area contributed by atoms with Crippen LogP contribution in [0.3, 0.4) is 0 Å². The molecule has 1 amide bonds. The quantitative estimate of drug-likeness (QED) is 0.740. The molecular weight excluding hydrogens is 342 g/mol. The molecule has 4 rings (SSSR count). The lowest BCUT2D eigenvalue weighted by molar-refractivity contribution is -0.113. The lowest BCUT2D eigenvalue weighted by Gasteiger charge is -2.19. The van der Waals surface area contributed by atoms with E-state index in [4.69, 9.17) is 4.74 Å². The minimum Gasteiger partial charge on any atom is -0.457 e. The van der Waals surface area contributed by atoms with Crippen molar-refractivity contribution in [2.45, 2.75) is 20.4 Å². The van der Waals surface area contributed by atoms with E-state index in [0.29, 0.717) is 35.3 Å². The van der Waals surface area contributed by atoms with Crippen molar-refractivity contribution in [1.82, 2.24) is 14.8 Å². The summed E-state index contributed by atoms with van der Waals surface area (Å²) in [6, 6.07) is 16.8. The molecule has 1 aliphatic heterocycles. The van der Waals surface area contributed by atoms with Crippen molar-refractivity contribution >= 4 is 17.5 Å². The van der Waals surface area contributed by atoms with Crippen LogP contribution in [0.4, 0.5) is 11.6 Å². The molecule has 0 bridgehead atoms. The van der Waals surface area contributed by atoms with Crippen LogP contribution in [0.25, 0.3) is 0 Å². The maximum Gasteiger partial charge on any atom is 0.255 e. The number of fused-ring (bicyclic) bond motifs is 1. The van der Waals surface area contributed by atoms with E-state index in [1.807, 2.05) is 68.4 Å². The SMILES string of the molecule is CC1=C(C(=O)Nc2ccc(Oc3ccccc3)cc2)Cn2nc(C)nc2N1. The van der Waals surface area contributed by atoms with E-state index in [0.717, 1.165) is 11.4 Å². The minimum absolute atomic E-state index is 0.171. The average molecular weight is 361 g/mol. The van der Waals surface area contributed by atoms with Gasteiger partial charge < -0.3 is 15.4 Å². The fourth-order valence-corrected chi connectivity index (χ4v) is 2.85. The summed E-state index contributed by atoms with van der Waals surface area (Å²) in [6.45, 7) is 4.07. The molecule has 0 radical (unpaired) electrons. The highest BCUT2D eigenvalue weighted by molar-refractivity contribution is 6.04. The second-order valence-electron chi connectivity index (χ2n) is 6.26. The fraction of sp³-hybridized carbons (Fsp3) is 0.150. The number of nitrogens with one attached hydrogen (secondary N) is 2. The van der Waals surface area contributed by atoms with Crippen LogP contribution < -0.4 is 15.4 Å². The smallest absolute Gasteiger partial charge is 0.255 e. The van der Waals surface area contributed by atoms with Gasteiger partial charge in [-0.3, -0.25) is 4.79 Å². The molecule has 2 heterocycles. The molecule has 0 saturated carbocycles. The molecule has 2 N–H and O–H groups in total. The van der Waals surface area contributed by atoms with Crippen molar-refractivity contribution in [2.24, 2.45) is 0 Å². The van der Waals surface area contributed by atoms with Crippen molar-refractivity contribution in [1.29, 1.82) is 0 Å². The Labute approximate surface area is 156 Å². The topological polar surface area (TPSA) is 81.1 Å². The number of ether oxygens (including phenoxy) is 1. The van der Waals surface area contributed by atoms with Crippen LogP contribution >= 0.6 is 0 Å². The number of aryl methyl sites for hydroxylation is 1. The number of amides is 1. The third kappa shape index (κ3) is 3.67. The summed E-state index contributed by atoms with van der Waals surface area (Å²) in [5.41, 5.74) is 2.09. The first kappa shape index (κ1) is 16.8. The Bertz CT molecular complexity index is 1010. The monoisotopic (exact) mass is 361 g/mol. The van der Waals surface area contributed by atoms with E-state index >= 15 is 0 Å². The lowest BCUT2D eigenvalue weighted by atomic mass is 10.1. The van der Waals surface area contributed by atoms with Gasteiger partial charge in [0.05, 0.1) is 12.1 Å². The van der Waals surface area contributed by atoms with Gasteiger partial charge in [0, 0.05) is 11.4 Å². The van der Waals surface area contributed by atoms with Gasteiger partial charge >= 0.3 is 0 Å². The summed E-state index contributed by atoms with van der Waals surface area (Å²) in [6.07, 6.45) is 0. The van der Waals surface area contributed by atoms with Gasteiger partial charge in [-0.25, -0.2) is 4.68 Å². The van der Waals surface area contributed by atoms with Crippen molar-refractivity contribution in [2.75, 3.05) is 10.6 Å². The number of hydrogen-bond acceptors (Lipinski definition) is 5. The van der Waals surface area contributed by atoms with E-state index in [2.05, 4.69) is 20.7 Å². The molecule has 0 saturated heterocycles. The number of carbonyl (C=O) groups excluding carboxylic acids is 1. The van der Waals surface area contributed by atoms with Gasteiger partial charge in [0.15, 0.2) is 0 Å². The van der Waals surface area contributed by atoms with E-state index in [9.17, 15) is 4.79 Å². The molecule has 0 spiro atoms. The van der Waals surface area contributed by atoms with E-state index < -0.39 is 0 Å². The average Bonchev–Trinajstić information content (AvgIpc) is 3.02. The predicted octanol–water partition coefficient (Wildman–Crippen LogP) is 3.72. The number of hydrogen-bond donors (Lipinski definition) is 2. The number of nitrogens with zero attached hydrogens (tertiary/aromatic N) is 3. The second kappa shape index (κ2) is 6.95. The maximum absolute atomic E-state index is 12.7. The normalized spacial score (nSPS) is 13.0. The van der Waals surface area contributed by atoms with Crippen LogP contribution in [-0.4, -0.2) is 20.7 Å².